The van der Waals surface area contributed by atoms with Crippen LogP contribution in [0.1, 0.15) is 17.0 Å². The zero-order valence-electron chi connectivity index (χ0n) is 11.4. The molecule has 0 saturated heterocycles. The molecule has 21 heavy (non-hydrogen) atoms. The number of para-hydroxylation sites is 1. The van der Waals surface area contributed by atoms with Crippen LogP contribution in [0.15, 0.2) is 48.7 Å². The van der Waals surface area contributed by atoms with Gasteiger partial charge < -0.3 is 10.7 Å². The number of nitrogens with two attached hydrogens (primary N) is 1. The molecule has 0 spiro atoms. The molecule has 3 aromatic rings. The number of fused-ring (bicyclic) bond motifs is 1. The normalized spacial score (nSPS) is 12.7. The maximum absolute atomic E-state index is 6.29. The number of H-pyrrole nitrogens is 1. The maximum atomic E-state index is 6.29. The molecule has 4 heteroatoms. The average molecular weight is 319 g/mol. The molecule has 0 amide bonds. The summed E-state index contributed by atoms with van der Waals surface area (Å²) in [6, 6.07) is 14.0. The van der Waals surface area contributed by atoms with Gasteiger partial charge in [0.25, 0.3) is 0 Å². The number of rotatable bonds is 4. The fraction of sp³-hybridized carbons (Fsp3) is 0.176. The number of hydrogen-bond donors (Lipinski definition) is 2. The molecule has 1 aromatic heterocycles. The number of hydrogen-bond acceptors (Lipinski definition) is 1. The Balaban J connectivity index is 1.97. The number of nitrogens with one attached hydrogen (secondary N) is 1. The second-order valence-electron chi connectivity index (χ2n) is 5.14. The molecule has 2 nitrogen and oxygen atoms in total. The Hall–Kier alpha value is -1.48. The fourth-order valence-corrected chi connectivity index (χ4v) is 3.12. The Kier molecular flexibility index (Phi) is 4.20. The van der Waals surface area contributed by atoms with Crippen molar-refractivity contribution in [3.63, 3.8) is 0 Å². The van der Waals surface area contributed by atoms with Gasteiger partial charge in [0, 0.05) is 23.0 Å². The third-order valence-electron chi connectivity index (χ3n) is 3.84. The molecule has 3 rings (SSSR count). The Bertz CT molecular complexity index is 764. The fourth-order valence-electron chi connectivity index (χ4n) is 2.72. The summed E-state index contributed by atoms with van der Waals surface area (Å²) in [6.07, 6.45) is 2.82. The molecule has 3 N–H and O–H groups in total. The van der Waals surface area contributed by atoms with Crippen molar-refractivity contribution in [1.29, 1.82) is 0 Å². The van der Waals surface area contributed by atoms with Gasteiger partial charge in [-0.15, -0.1) is 0 Å². The van der Waals surface area contributed by atoms with Crippen LogP contribution in [0.5, 0.6) is 0 Å². The smallest absolute Gasteiger partial charge is 0.0624 e. The first-order valence-electron chi connectivity index (χ1n) is 6.89. The van der Waals surface area contributed by atoms with Crippen molar-refractivity contribution < 1.29 is 0 Å². The van der Waals surface area contributed by atoms with Gasteiger partial charge in [-0.3, -0.25) is 0 Å². The lowest BCUT2D eigenvalue weighted by atomic mass is 9.92. The predicted octanol–water partition coefficient (Wildman–Crippen LogP) is 4.76. The number of aromatic amines is 1. The van der Waals surface area contributed by atoms with Crippen molar-refractivity contribution in [3.05, 3.63) is 69.8 Å². The quantitative estimate of drug-likeness (QED) is 0.715. The Morgan fingerprint density at radius 1 is 1.05 bits per heavy atom. The second-order valence-corrected chi connectivity index (χ2v) is 5.92. The molecule has 0 fully saturated rings. The molecular weight excluding hydrogens is 303 g/mol. The first-order valence-corrected chi connectivity index (χ1v) is 7.65. The van der Waals surface area contributed by atoms with Gasteiger partial charge in [0.05, 0.1) is 10.0 Å². The molecule has 0 aliphatic heterocycles. The van der Waals surface area contributed by atoms with E-state index in [0.29, 0.717) is 16.6 Å². The van der Waals surface area contributed by atoms with Gasteiger partial charge in [-0.25, -0.2) is 0 Å². The lowest BCUT2D eigenvalue weighted by Crippen LogP contribution is -2.15. The number of benzene rings is 2. The van der Waals surface area contributed by atoms with Gasteiger partial charge >= 0.3 is 0 Å². The number of aromatic nitrogens is 1. The van der Waals surface area contributed by atoms with E-state index in [-0.39, 0.29) is 5.92 Å². The molecule has 1 unspecified atom stereocenters. The highest BCUT2D eigenvalue weighted by Gasteiger charge is 2.17. The third-order valence-corrected chi connectivity index (χ3v) is 4.70. The first-order chi connectivity index (χ1) is 10.2. The molecule has 1 heterocycles. The SMILES string of the molecule is NCC(Cc1cccc(Cl)c1Cl)c1c[nH]c2ccccc12. The van der Waals surface area contributed by atoms with Crippen LogP contribution in [0, 0.1) is 0 Å². The monoisotopic (exact) mass is 318 g/mol. The molecule has 0 radical (unpaired) electrons. The highest BCUT2D eigenvalue weighted by Crippen LogP contribution is 2.32. The number of halogens is 2. The van der Waals surface area contributed by atoms with Crippen LogP contribution in [0.2, 0.25) is 10.0 Å². The molecule has 0 aliphatic rings. The highest BCUT2D eigenvalue weighted by molar-refractivity contribution is 6.42. The summed E-state index contributed by atoms with van der Waals surface area (Å²) in [5, 5.41) is 2.42. The summed E-state index contributed by atoms with van der Waals surface area (Å²) in [7, 11) is 0. The molecular formula is C17H16Cl2N2. The lowest BCUT2D eigenvalue weighted by Gasteiger charge is -2.16. The van der Waals surface area contributed by atoms with E-state index in [9.17, 15) is 0 Å². The van der Waals surface area contributed by atoms with E-state index in [1.165, 1.54) is 10.9 Å². The van der Waals surface area contributed by atoms with Crippen molar-refractivity contribution in [3.8, 4) is 0 Å². The van der Waals surface area contributed by atoms with E-state index in [2.05, 4.69) is 17.1 Å². The Labute approximate surface area is 133 Å². The van der Waals surface area contributed by atoms with Gasteiger partial charge in [-0.1, -0.05) is 53.5 Å². The molecule has 0 aliphatic carbocycles. The van der Waals surface area contributed by atoms with Crippen molar-refractivity contribution in [2.75, 3.05) is 6.54 Å². The van der Waals surface area contributed by atoms with Crippen molar-refractivity contribution >= 4 is 34.1 Å². The lowest BCUT2D eigenvalue weighted by molar-refractivity contribution is 0.699. The summed E-state index contributed by atoms with van der Waals surface area (Å²) >= 11 is 12.4. The van der Waals surface area contributed by atoms with Gasteiger partial charge in [0.2, 0.25) is 0 Å². The minimum absolute atomic E-state index is 0.206. The standard InChI is InChI=1S/C17H16Cl2N2/c18-15-6-3-4-11(17(15)19)8-12(9-20)14-10-21-16-7-2-1-5-13(14)16/h1-7,10,12,21H,8-9,20H2. The first kappa shape index (κ1) is 14.5. The summed E-state index contributed by atoms with van der Waals surface area (Å²) in [4.78, 5) is 3.30. The summed E-state index contributed by atoms with van der Waals surface area (Å²) in [6.45, 7) is 0.560. The van der Waals surface area contributed by atoms with Crippen LogP contribution >= 0.6 is 23.2 Å². The van der Waals surface area contributed by atoms with Crippen LogP contribution in [0.25, 0.3) is 10.9 Å². The average Bonchev–Trinajstić information content (AvgIpc) is 2.93. The van der Waals surface area contributed by atoms with Crippen LogP contribution in [-0.4, -0.2) is 11.5 Å². The van der Waals surface area contributed by atoms with E-state index >= 15 is 0 Å². The second kappa shape index (κ2) is 6.10. The highest BCUT2D eigenvalue weighted by atomic mass is 35.5. The largest absolute Gasteiger partial charge is 0.361 e. The zero-order valence-corrected chi connectivity index (χ0v) is 13.0. The van der Waals surface area contributed by atoms with Crippen molar-refractivity contribution in [2.45, 2.75) is 12.3 Å². The molecule has 1 atom stereocenters. The zero-order chi connectivity index (χ0) is 14.8. The van der Waals surface area contributed by atoms with Crippen molar-refractivity contribution in [2.24, 2.45) is 5.73 Å². The minimum Gasteiger partial charge on any atom is -0.361 e. The molecule has 108 valence electrons. The minimum atomic E-state index is 0.206. The van der Waals surface area contributed by atoms with Crippen LogP contribution in [-0.2, 0) is 6.42 Å². The van der Waals surface area contributed by atoms with E-state index in [0.717, 1.165) is 17.5 Å². The van der Waals surface area contributed by atoms with Crippen LogP contribution in [0.3, 0.4) is 0 Å². The van der Waals surface area contributed by atoms with Gasteiger partial charge in [-0.2, -0.15) is 0 Å². The summed E-state index contributed by atoms with van der Waals surface area (Å²) in [5.41, 5.74) is 9.39. The van der Waals surface area contributed by atoms with Gasteiger partial charge in [0.15, 0.2) is 0 Å². The van der Waals surface area contributed by atoms with Gasteiger partial charge in [-0.05, 0) is 36.2 Å². The Morgan fingerprint density at radius 2 is 1.86 bits per heavy atom. The maximum Gasteiger partial charge on any atom is 0.0624 e. The summed E-state index contributed by atoms with van der Waals surface area (Å²) < 4.78 is 0. The predicted molar refractivity (Wildman–Crippen MR) is 90.3 cm³/mol. The molecule has 0 saturated carbocycles. The van der Waals surface area contributed by atoms with E-state index in [4.69, 9.17) is 28.9 Å². The topological polar surface area (TPSA) is 41.8 Å². The molecule has 0 bridgehead atoms. The van der Waals surface area contributed by atoms with Crippen LogP contribution < -0.4 is 5.73 Å². The molecule has 2 aromatic carbocycles. The third kappa shape index (κ3) is 2.80. The van der Waals surface area contributed by atoms with E-state index in [1.807, 2.05) is 30.5 Å². The van der Waals surface area contributed by atoms with Gasteiger partial charge in [0.1, 0.15) is 0 Å². The van der Waals surface area contributed by atoms with Crippen molar-refractivity contribution in [1.82, 2.24) is 4.98 Å². The van der Waals surface area contributed by atoms with E-state index < -0.39 is 0 Å². The Morgan fingerprint density at radius 3 is 2.67 bits per heavy atom. The summed E-state index contributed by atoms with van der Waals surface area (Å²) in [5.74, 6) is 0.206. The van der Waals surface area contributed by atoms with E-state index in [1.54, 1.807) is 6.07 Å². The van der Waals surface area contributed by atoms with Crippen LogP contribution in [0.4, 0.5) is 0 Å².